The quantitative estimate of drug-likeness (QED) is 0.824. The van der Waals surface area contributed by atoms with E-state index in [0.717, 1.165) is 17.0 Å². The monoisotopic (exact) mass is 240 g/mol. The first-order valence-electron chi connectivity index (χ1n) is 5.34. The summed E-state index contributed by atoms with van der Waals surface area (Å²) in [6.45, 7) is 2.45. The van der Waals surface area contributed by atoms with E-state index in [0.29, 0.717) is 13.0 Å². The first-order chi connectivity index (χ1) is 7.58. The van der Waals surface area contributed by atoms with Gasteiger partial charge in [0.25, 0.3) is 0 Å². The summed E-state index contributed by atoms with van der Waals surface area (Å²) in [7, 11) is 0. The third-order valence-corrected chi connectivity index (χ3v) is 2.41. The van der Waals surface area contributed by atoms with E-state index in [1.165, 1.54) is 0 Å². The summed E-state index contributed by atoms with van der Waals surface area (Å²) in [5.74, 6) is 0.00367. The van der Waals surface area contributed by atoms with Gasteiger partial charge in [0.2, 0.25) is 5.91 Å². The largest absolute Gasteiger partial charge is 0.356 e. The number of amides is 1. The Kier molecular flexibility index (Phi) is 5.29. The Bertz CT molecular complexity index is 335. The van der Waals surface area contributed by atoms with Crippen molar-refractivity contribution in [1.82, 2.24) is 5.32 Å². The van der Waals surface area contributed by atoms with Crippen LogP contribution >= 0.6 is 11.6 Å². The summed E-state index contributed by atoms with van der Waals surface area (Å²) < 4.78 is 0. The molecule has 0 aliphatic heterocycles. The Morgan fingerprint density at radius 2 is 2.06 bits per heavy atom. The molecule has 1 unspecified atom stereocenters. The predicted molar refractivity (Wildman–Crippen MR) is 66.4 cm³/mol. The number of nitrogens with two attached hydrogens (primary N) is 1. The van der Waals surface area contributed by atoms with Crippen LogP contribution < -0.4 is 11.1 Å². The SMILES string of the molecule is CC(N)CC(=O)NCCc1ccc(Cl)cc1. The fourth-order valence-corrected chi connectivity index (χ4v) is 1.49. The van der Waals surface area contributed by atoms with E-state index in [4.69, 9.17) is 17.3 Å². The van der Waals surface area contributed by atoms with Crippen molar-refractivity contribution in [2.24, 2.45) is 5.73 Å². The van der Waals surface area contributed by atoms with Crippen molar-refractivity contribution < 1.29 is 4.79 Å². The van der Waals surface area contributed by atoms with Crippen molar-refractivity contribution in [2.45, 2.75) is 25.8 Å². The van der Waals surface area contributed by atoms with Crippen LogP contribution in [-0.2, 0) is 11.2 Å². The second kappa shape index (κ2) is 6.51. The smallest absolute Gasteiger partial charge is 0.221 e. The summed E-state index contributed by atoms with van der Waals surface area (Å²) >= 11 is 5.77. The van der Waals surface area contributed by atoms with Crippen LogP contribution in [0, 0.1) is 0 Å². The number of carbonyl (C=O) groups is 1. The minimum atomic E-state index is -0.0875. The van der Waals surface area contributed by atoms with Gasteiger partial charge in [-0.2, -0.15) is 0 Å². The van der Waals surface area contributed by atoms with Crippen LogP contribution in [0.25, 0.3) is 0 Å². The van der Waals surface area contributed by atoms with Gasteiger partial charge in [-0.15, -0.1) is 0 Å². The van der Waals surface area contributed by atoms with Gasteiger partial charge in [0.05, 0.1) is 0 Å². The molecule has 0 aliphatic carbocycles. The zero-order valence-electron chi connectivity index (χ0n) is 9.37. The van der Waals surface area contributed by atoms with Gasteiger partial charge in [0.1, 0.15) is 0 Å². The fraction of sp³-hybridized carbons (Fsp3) is 0.417. The molecule has 16 heavy (non-hydrogen) atoms. The second-order valence-electron chi connectivity index (χ2n) is 3.91. The summed E-state index contributed by atoms with van der Waals surface area (Å²) in [6, 6.07) is 7.53. The highest BCUT2D eigenvalue weighted by Crippen LogP contribution is 2.09. The molecule has 88 valence electrons. The van der Waals surface area contributed by atoms with Gasteiger partial charge in [-0.3, -0.25) is 4.79 Å². The molecular weight excluding hydrogens is 224 g/mol. The lowest BCUT2D eigenvalue weighted by molar-refractivity contribution is -0.121. The maximum Gasteiger partial charge on any atom is 0.221 e. The molecular formula is C12H17ClN2O. The maximum atomic E-state index is 11.3. The van der Waals surface area contributed by atoms with Gasteiger partial charge >= 0.3 is 0 Å². The Hall–Kier alpha value is -1.06. The van der Waals surface area contributed by atoms with Crippen LogP contribution in [-0.4, -0.2) is 18.5 Å². The number of benzene rings is 1. The highest BCUT2D eigenvalue weighted by molar-refractivity contribution is 6.30. The van der Waals surface area contributed by atoms with E-state index in [2.05, 4.69) is 5.32 Å². The van der Waals surface area contributed by atoms with Crippen LogP contribution in [0.15, 0.2) is 24.3 Å². The van der Waals surface area contributed by atoms with Crippen LogP contribution in [0.1, 0.15) is 18.9 Å². The van der Waals surface area contributed by atoms with E-state index in [1.54, 1.807) is 0 Å². The van der Waals surface area contributed by atoms with Gasteiger partial charge in [-0.1, -0.05) is 23.7 Å². The molecule has 0 radical (unpaired) electrons. The average Bonchev–Trinajstić information content (AvgIpc) is 2.20. The lowest BCUT2D eigenvalue weighted by Gasteiger charge is -2.07. The molecule has 1 atom stereocenters. The molecule has 4 heteroatoms. The molecule has 0 spiro atoms. The van der Waals surface area contributed by atoms with Gasteiger partial charge in [0.15, 0.2) is 0 Å². The van der Waals surface area contributed by atoms with Crippen molar-refractivity contribution in [3.63, 3.8) is 0 Å². The molecule has 0 bridgehead atoms. The highest BCUT2D eigenvalue weighted by Gasteiger charge is 2.03. The molecule has 3 nitrogen and oxygen atoms in total. The molecule has 0 fully saturated rings. The normalized spacial score (nSPS) is 12.2. The average molecular weight is 241 g/mol. The molecule has 3 N–H and O–H groups in total. The van der Waals surface area contributed by atoms with Gasteiger partial charge in [0, 0.05) is 24.0 Å². The zero-order valence-corrected chi connectivity index (χ0v) is 10.1. The number of carbonyl (C=O) groups excluding carboxylic acids is 1. The van der Waals surface area contributed by atoms with Crippen molar-refractivity contribution >= 4 is 17.5 Å². The van der Waals surface area contributed by atoms with Crippen LogP contribution in [0.4, 0.5) is 0 Å². The molecule has 0 saturated heterocycles. The lowest BCUT2D eigenvalue weighted by atomic mass is 10.1. The first kappa shape index (κ1) is 13.0. The van der Waals surface area contributed by atoms with E-state index < -0.39 is 0 Å². The van der Waals surface area contributed by atoms with Crippen molar-refractivity contribution in [3.8, 4) is 0 Å². The van der Waals surface area contributed by atoms with Crippen molar-refractivity contribution in [2.75, 3.05) is 6.54 Å². The number of hydrogen-bond acceptors (Lipinski definition) is 2. The Morgan fingerprint density at radius 1 is 1.44 bits per heavy atom. The molecule has 0 aromatic heterocycles. The number of hydrogen-bond donors (Lipinski definition) is 2. The number of halogens is 1. The molecule has 1 rings (SSSR count). The molecule has 1 aromatic carbocycles. The Balaban J connectivity index is 2.25. The molecule has 0 saturated carbocycles. The number of rotatable bonds is 5. The summed E-state index contributed by atoms with van der Waals surface area (Å²) in [5, 5.41) is 3.55. The van der Waals surface area contributed by atoms with E-state index in [1.807, 2.05) is 31.2 Å². The predicted octanol–water partition coefficient (Wildman–Crippen LogP) is 1.74. The van der Waals surface area contributed by atoms with Gasteiger partial charge < -0.3 is 11.1 Å². The number of nitrogens with one attached hydrogen (secondary N) is 1. The summed E-state index contributed by atoms with van der Waals surface area (Å²) in [4.78, 5) is 11.3. The summed E-state index contributed by atoms with van der Waals surface area (Å²) in [6.07, 6.45) is 1.18. The zero-order chi connectivity index (χ0) is 12.0. The van der Waals surface area contributed by atoms with E-state index >= 15 is 0 Å². The van der Waals surface area contributed by atoms with E-state index in [9.17, 15) is 4.79 Å². The standard InChI is InChI=1S/C12H17ClN2O/c1-9(14)8-12(16)15-7-6-10-2-4-11(13)5-3-10/h2-5,9H,6-8,14H2,1H3,(H,15,16). The van der Waals surface area contributed by atoms with Crippen molar-refractivity contribution in [3.05, 3.63) is 34.9 Å². The third-order valence-electron chi connectivity index (χ3n) is 2.16. The van der Waals surface area contributed by atoms with Crippen LogP contribution in [0.3, 0.4) is 0 Å². The first-order valence-corrected chi connectivity index (χ1v) is 5.72. The van der Waals surface area contributed by atoms with Crippen LogP contribution in [0.2, 0.25) is 5.02 Å². The molecule has 1 aromatic rings. The third kappa shape index (κ3) is 5.14. The molecule has 0 heterocycles. The second-order valence-corrected chi connectivity index (χ2v) is 4.34. The lowest BCUT2D eigenvalue weighted by Crippen LogP contribution is -2.31. The van der Waals surface area contributed by atoms with Gasteiger partial charge in [-0.25, -0.2) is 0 Å². The van der Waals surface area contributed by atoms with Gasteiger partial charge in [-0.05, 0) is 31.0 Å². The Morgan fingerprint density at radius 3 is 2.62 bits per heavy atom. The fourth-order valence-electron chi connectivity index (χ4n) is 1.36. The maximum absolute atomic E-state index is 11.3. The minimum absolute atomic E-state index is 0.00367. The molecule has 0 aliphatic rings. The van der Waals surface area contributed by atoms with E-state index in [-0.39, 0.29) is 11.9 Å². The topological polar surface area (TPSA) is 55.1 Å². The van der Waals surface area contributed by atoms with Crippen molar-refractivity contribution in [1.29, 1.82) is 0 Å². The summed E-state index contributed by atoms with van der Waals surface area (Å²) in [5.41, 5.74) is 6.68. The minimum Gasteiger partial charge on any atom is -0.356 e. The Labute approximate surface area is 101 Å². The molecule has 1 amide bonds. The highest BCUT2D eigenvalue weighted by atomic mass is 35.5. The van der Waals surface area contributed by atoms with Crippen LogP contribution in [0.5, 0.6) is 0 Å².